The smallest absolute Gasteiger partial charge is 0.267 e. The fraction of sp³-hybridized carbons (Fsp3) is 0.562. The molecule has 2 atom stereocenters. The van der Waals surface area contributed by atoms with Crippen LogP contribution in [0.5, 0.6) is 5.75 Å². The molecule has 0 saturated carbocycles. The summed E-state index contributed by atoms with van der Waals surface area (Å²) in [5.74, 6) is -2.98. The Morgan fingerprint density at radius 1 is 1.45 bits per heavy atom. The zero-order valence-corrected chi connectivity index (χ0v) is 12.5. The summed E-state index contributed by atoms with van der Waals surface area (Å²) < 4.78 is 32.3. The minimum atomic E-state index is -2.91. The van der Waals surface area contributed by atoms with Crippen LogP contribution >= 0.6 is 0 Å². The standard InChI is InChI=1S/C16H21F2NO3/c1-12(7-8-22-14-5-3-2-4-6-14)15(21)19-11-16(17,18)9-13(19)10-20/h2-6,12-13,20H,7-11H2,1H3. The highest BCUT2D eigenvalue weighted by Crippen LogP contribution is 2.33. The van der Waals surface area contributed by atoms with Gasteiger partial charge in [-0.1, -0.05) is 25.1 Å². The van der Waals surface area contributed by atoms with E-state index in [4.69, 9.17) is 4.74 Å². The fourth-order valence-corrected chi connectivity index (χ4v) is 2.60. The van der Waals surface area contributed by atoms with Gasteiger partial charge in [0.05, 0.1) is 25.8 Å². The number of likely N-dealkylation sites (tertiary alicyclic amines) is 1. The monoisotopic (exact) mass is 313 g/mol. The number of halogens is 2. The van der Waals surface area contributed by atoms with E-state index in [2.05, 4.69) is 0 Å². The topological polar surface area (TPSA) is 49.8 Å². The Kier molecular flexibility index (Phi) is 5.34. The maximum atomic E-state index is 13.4. The third-order valence-electron chi connectivity index (χ3n) is 3.85. The second kappa shape index (κ2) is 7.05. The van der Waals surface area contributed by atoms with Crippen molar-refractivity contribution in [1.82, 2.24) is 4.90 Å². The fourth-order valence-electron chi connectivity index (χ4n) is 2.60. The van der Waals surface area contributed by atoms with E-state index in [1.807, 2.05) is 30.3 Å². The first-order valence-corrected chi connectivity index (χ1v) is 7.40. The Labute approximate surface area is 128 Å². The number of ether oxygens (including phenoxy) is 1. The summed E-state index contributed by atoms with van der Waals surface area (Å²) in [6, 6.07) is 8.41. The minimum absolute atomic E-state index is 0.338. The molecule has 0 aromatic heterocycles. The van der Waals surface area contributed by atoms with Gasteiger partial charge in [-0.3, -0.25) is 4.79 Å². The summed E-state index contributed by atoms with van der Waals surface area (Å²) >= 11 is 0. The number of nitrogens with zero attached hydrogens (tertiary/aromatic N) is 1. The van der Waals surface area contributed by atoms with Crippen LogP contribution in [0.4, 0.5) is 8.78 Å². The molecule has 1 N–H and O–H groups in total. The van der Waals surface area contributed by atoms with Crippen LogP contribution in [0.25, 0.3) is 0 Å². The van der Waals surface area contributed by atoms with Crippen molar-refractivity contribution in [2.75, 3.05) is 19.8 Å². The molecule has 2 rings (SSSR count). The summed E-state index contributed by atoms with van der Waals surface area (Å²) in [6.45, 7) is 0.988. The van der Waals surface area contributed by atoms with Gasteiger partial charge in [0, 0.05) is 12.3 Å². The highest BCUT2D eigenvalue weighted by Gasteiger charge is 2.47. The van der Waals surface area contributed by atoms with Gasteiger partial charge < -0.3 is 14.7 Å². The molecule has 122 valence electrons. The third-order valence-corrected chi connectivity index (χ3v) is 3.85. The summed E-state index contributed by atoms with van der Waals surface area (Å²) in [7, 11) is 0. The van der Waals surface area contributed by atoms with Crippen LogP contribution in [0.3, 0.4) is 0 Å². The summed E-state index contributed by atoms with van der Waals surface area (Å²) in [6.07, 6.45) is -0.0313. The van der Waals surface area contributed by atoms with E-state index in [9.17, 15) is 18.7 Å². The number of amides is 1. The van der Waals surface area contributed by atoms with Gasteiger partial charge in [-0.15, -0.1) is 0 Å². The van der Waals surface area contributed by atoms with Crippen LogP contribution in [0.15, 0.2) is 30.3 Å². The second-order valence-corrected chi connectivity index (χ2v) is 5.71. The lowest BCUT2D eigenvalue weighted by Gasteiger charge is -2.25. The zero-order valence-electron chi connectivity index (χ0n) is 12.5. The van der Waals surface area contributed by atoms with Crippen LogP contribution in [-0.4, -0.2) is 47.6 Å². The Morgan fingerprint density at radius 2 is 2.14 bits per heavy atom. The second-order valence-electron chi connectivity index (χ2n) is 5.71. The lowest BCUT2D eigenvalue weighted by Crippen LogP contribution is -2.41. The molecule has 1 saturated heterocycles. The Hall–Kier alpha value is -1.69. The molecule has 0 spiro atoms. The molecule has 1 aliphatic heterocycles. The van der Waals surface area contributed by atoms with Gasteiger partial charge in [0.1, 0.15) is 5.75 Å². The zero-order chi connectivity index (χ0) is 16.2. The number of alkyl halides is 2. The maximum absolute atomic E-state index is 13.4. The van der Waals surface area contributed by atoms with E-state index in [1.54, 1.807) is 6.92 Å². The number of rotatable bonds is 6. The van der Waals surface area contributed by atoms with Crippen LogP contribution < -0.4 is 4.74 Å². The van der Waals surface area contributed by atoms with E-state index in [-0.39, 0.29) is 5.91 Å². The van der Waals surface area contributed by atoms with Crippen molar-refractivity contribution in [2.45, 2.75) is 31.7 Å². The van der Waals surface area contributed by atoms with Gasteiger partial charge in [-0.2, -0.15) is 0 Å². The number of hydrogen-bond donors (Lipinski definition) is 1. The first-order valence-electron chi connectivity index (χ1n) is 7.40. The molecule has 0 radical (unpaired) electrons. The van der Waals surface area contributed by atoms with Crippen molar-refractivity contribution >= 4 is 5.91 Å². The number of aliphatic hydroxyl groups excluding tert-OH is 1. The lowest BCUT2D eigenvalue weighted by molar-refractivity contribution is -0.138. The molecular formula is C16H21F2NO3. The van der Waals surface area contributed by atoms with Crippen molar-refractivity contribution < 1.29 is 23.4 Å². The molecule has 0 aliphatic carbocycles. The van der Waals surface area contributed by atoms with Crippen molar-refractivity contribution in [1.29, 1.82) is 0 Å². The number of carbonyl (C=O) groups is 1. The quantitative estimate of drug-likeness (QED) is 0.877. The summed E-state index contributed by atoms with van der Waals surface area (Å²) in [5, 5.41) is 9.17. The summed E-state index contributed by atoms with van der Waals surface area (Å²) in [4.78, 5) is 13.4. The number of hydrogen-bond acceptors (Lipinski definition) is 3. The predicted octanol–water partition coefficient (Wildman–Crippen LogP) is 2.32. The van der Waals surface area contributed by atoms with Crippen molar-refractivity contribution in [3.63, 3.8) is 0 Å². The van der Waals surface area contributed by atoms with E-state index < -0.39 is 37.5 Å². The molecule has 1 aliphatic rings. The Bertz CT molecular complexity index is 495. The van der Waals surface area contributed by atoms with E-state index in [0.717, 1.165) is 4.90 Å². The van der Waals surface area contributed by atoms with Crippen molar-refractivity contribution in [3.05, 3.63) is 30.3 Å². The molecule has 1 aromatic rings. The van der Waals surface area contributed by atoms with Crippen molar-refractivity contribution in [3.8, 4) is 5.75 Å². The molecule has 22 heavy (non-hydrogen) atoms. The normalized spacial score (nSPS) is 21.6. The molecule has 2 unspecified atom stereocenters. The van der Waals surface area contributed by atoms with Gasteiger partial charge in [0.25, 0.3) is 5.92 Å². The van der Waals surface area contributed by atoms with Gasteiger partial charge in [-0.25, -0.2) is 8.78 Å². The highest BCUT2D eigenvalue weighted by atomic mass is 19.3. The minimum Gasteiger partial charge on any atom is -0.494 e. The Balaban J connectivity index is 1.84. The molecule has 6 heteroatoms. The molecule has 4 nitrogen and oxygen atoms in total. The average Bonchev–Trinajstić information content (AvgIpc) is 2.82. The SMILES string of the molecule is CC(CCOc1ccccc1)C(=O)N1CC(F)(F)CC1CO. The number of aliphatic hydroxyl groups is 1. The number of para-hydroxylation sites is 1. The third kappa shape index (κ3) is 4.16. The van der Waals surface area contributed by atoms with Crippen LogP contribution in [-0.2, 0) is 4.79 Å². The van der Waals surface area contributed by atoms with Gasteiger partial charge in [0.15, 0.2) is 0 Å². The first-order chi connectivity index (χ1) is 10.4. The molecule has 1 amide bonds. The van der Waals surface area contributed by atoms with E-state index in [0.29, 0.717) is 18.8 Å². The van der Waals surface area contributed by atoms with Crippen LogP contribution in [0, 0.1) is 5.92 Å². The van der Waals surface area contributed by atoms with Crippen molar-refractivity contribution in [2.24, 2.45) is 5.92 Å². The molecule has 1 fully saturated rings. The molecule has 0 bridgehead atoms. The molecule has 1 aromatic carbocycles. The van der Waals surface area contributed by atoms with E-state index in [1.165, 1.54) is 0 Å². The number of benzene rings is 1. The average molecular weight is 313 g/mol. The number of carbonyl (C=O) groups excluding carboxylic acids is 1. The van der Waals surface area contributed by atoms with Crippen LogP contribution in [0.1, 0.15) is 19.8 Å². The van der Waals surface area contributed by atoms with Gasteiger partial charge in [-0.05, 0) is 18.6 Å². The summed E-state index contributed by atoms with van der Waals surface area (Å²) in [5.41, 5.74) is 0. The maximum Gasteiger partial charge on any atom is 0.267 e. The first kappa shape index (κ1) is 16.7. The molecule has 1 heterocycles. The van der Waals surface area contributed by atoms with Gasteiger partial charge in [0.2, 0.25) is 5.91 Å². The Morgan fingerprint density at radius 3 is 2.77 bits per heavy atom. The highest BCUT2D eigenvalue weighted by molar-refractivity contribution is 5.79. The van der Waals surface area contributed by atoms with Gasteiger partial charge >= 0.3 is 0 Å². The van der Waals surface area contributed by atoms with E-state index >= 15 is 0 Å². The molecular weight excluding hydrogens is 292 g/mol. The lowest BCUT2D eigenvalue weighted by atomic mass is 10.1. The predicted molar refractivity (Wildman–Crippen MR) is 77.9 cm³/mol. The van der Waals surface area contributed by atoms with Crippen LogP contribution in [0.2, 0.25) is 0 Å². The largest absolute Gasteiger partial charge is 0.494 e.